The molecule has 0 radical (unpaired) electrons. The first kappa shape index (κ1) is 16.3. The SMILES string of the molecule is O=S(=O)(C[C@@H]1CCOC1)c1nc2ccccc2n1Cc1ccccc1. The Morgan fingerprint density at radius 1 is 1.08 bits per heavy atom. The minimum absolute atomic E-state index is 0.0509. The van der Waals surface area contributed by atoms with Gasteiger partial charge in [0.25, 0.3) is 0 Å². The van der Waals surface area contributed by atoms with Gasteiger partial charge in [-0.3, -0.25) is 0 Å². The van der Waals surface area contributed by atoms with Gasteiger partial charge in [-0.15, -0.1) is 0 Å². The summed E-state index contributed by atoms with van der Waals surface area (Å²) in [6.07, 6.45) is 0.790. The minimum Gasteiger partial charge on any atom is -0.381 e. The number of benzene rings is 2. The summed E-state index contributed by atoms with van der Waals surface area (Å²) in [7, 11) is -3.48. The minimum atomic E-state index is -3.48. The molecule has 0 unspecified atom stereocenters. The molecule has 2 heterocycles. The van der Waals surface area contributed by atoms with E-state index >= 15 is 0 Å². The van der Waals surface area contributed by atoms with Gasteiger partial charge in [0.15, 0.2) is 0 Å². The number of imidazole rings is 1. The van der Waals surface area contributed by atoms with Crippen LogP contribution in [0, 0.1) is 5.92 Å². The third-order valence-electron chi connectivity index (χ3n) is 4.56. The summed E-state index contributed by atoms with van der Waals surface area (Å²) in [5, 5.41) is 0.157. The van der Waals surface area contributed by atoms with Crippen molar-refractivity contribution < 1.29 is 13.2 Å². The second-order valence-corrected chi connectivity index (χ2v) is 8.39. The van der Waals surface area contributed by atoms with Crippen molar-refractivity contribution in [3.63, 3.8) is 0 Å². The van der Waals surface area contributed by atoms with Crippen molar-refractivity contribution in [3.05, 3.63) is 60.2 Å². The van der Waals surface area contributed by atoms with E-state index in [9.17, 15) is 8.42 Å². The number of aromatic nitrogens is 2. The quantitative estimate of drug-likeness (QED) is 0.705. The first-order chi connectivity index (χ1) is 12.1. The van der Waals surface area contributed by atoms with Crippen molar-refractivity contribution in [3.8, 4) is 0 Å². The van der Waals surface area contributed by atoms with E-state index < -0.39 is 9.84 Å². The van der Waals surface area contributed by atoms with Crippen LogP contribution in [0.15, 0.2) is 59.8 Å². The van der Waals surface area contributed by atoms with Crippen molar-refractivity contribution in [2.24, 2.45) is 5.92 Å². The fourth-order valence-electron chi connectivity index (χ4n) is 3.31. The highest BCUT2D eigenvalue weighted by atomic mass is 32.2. The van der Waals surface area contributed by atoms with E-state index in [-0.39, 0.29) is 16.8 Å². The van der Waals surface area contributed by atoms with Gasteiger partial charge in [-0.2, -0.15) is 0 Å². The summed E-state index contributed by atoms with van der Waals surface area (Å²) in [5.74, 6) is 0.139. The summed E-state index contributed by atoms with van der Waals surface area (Å²) < 4.78 is 33.2. The molecule has 0 amide bonds. The standard InChI is InChI=1S/C19H20N2O3S/c22-25(23,14-16-10-11-24-13-16)19-20-17-8-4-5-9-18(17)21(19)12-15-6-2-1-3-7-15/h1-9,16H,10-14H2/t16-/m1/s1. The van der Waals surface area contributed by atoms with Crippen molar-refractivity contribution in [1.82, 2.24) is 9.55 Å². The number of ether oxygens (including phenoxy) is 1. The molecule has 6 heteroatoms. The molecular formula is C19H20N2O3S. The molecule has 0 aliphatic carbocycles. The number of hydrogen-bond acceptors (Lipinski definition) is 4. The van der Waals surface area contributed by atoms with Gasteiger partial charge in [0.05, 0.1) is 29.9 Å². The summed E-state index contributed by atoms with van der Waals surface area (Å²) in [6, 6.07) is 17.4. The summed E-state index contributed by atoms with van der Waals surface area (Å²) in [5.41, 5.74) is 2.60. The van der Waals surface area contributed by atoms with E-state index in [0.717, 1.165) is 17.5 Å². The number of rotatable bonds is 5. The molecule has 1 aliphatic heterocycles. The fraction of sp³-hybridized carbons (Fsp3) is 0.316. The van der Waals surface area contributed by atoms with Crippen LogP contribution < -0.4 is 0 Å². The number of fused-ring (bicyclic) bond motifs is 1. The van der Waals surface area contributed by atoms with Crippen molar-refractivity contribution in [2.75, 3.05) is 19.0 Å². The summed E-state index contributed by atoms with van der Waals surface area (Å²) in [6.45, 7) is 1.63. The highest BCUT2D eigenvalue weighted by molar-refractivity contribution is 7.91. The van der Waals surface area contributed by atoms with Gasteiger partial charge in [-0.25, -0.2) is 13.4 Å². The number of nitrogens with zero attached hydrogens (tertiary/aromatic N) is 2. The van der Waals surface area contributed by atoms with Crippen LogP contribution in [0.1, 0.15) is 12.0 Å². The molecule has 0 N–H and O–H groups in total. The van der Waals surface area contributed by atoms with Gasteiger partial charge in [0, 0.05) is 6.61 Å². The van der Waals surface area contributed by atoms with E-state index in [1.54, 1.807) is 0 Å². The zero-order chi connectivity index (χ0) is 17.3. The second-order valence-electron chi connectivity index (χ2n) is 6.47. The lowest BCUT2D eigenvalue weighted by Gasteiger charge is -2.12. The van der Waals surface area contributed by atoms with Gasteiger partial charge < -0.3 is 9.30 Å². The third-order valence-corrected chi connectivity index (χ3v) is 6.34. The molecule has 1 aromatic heterocycles. The molecule has 0 saturated carbocycles. The highest BCUT2D eigenvalue weighted by Crippen LogP contribution is 2.25. The van der Waals surface area contributed by atoms with Crippen molar-refractivity contribution in [2.45, 2.75) is 18.1 Å². The lowest BCUT2D eigenvalue weighted by Crippen LogP contribution is -2.20. The zero-order valence-corrected chi connectivity index (χ0v) is 14.7. The van der Waals surface area contributed by atoms with E-state index in [1.165, 1.54) is 0 Å². The highest BCUT2D eigenvalue weighted by Gasteiger charge is 2.29. The van der Waals surface area contributed by atoms with Crippen LogP contribution in [-0.4, -0.2) is 36.9 Å². The number of hydrogen-bond donors (Lipinski definition) is 0. The largest absolute Gasteiger partial charge is 0.381 e. The second kappa shape index (κ2) is 6.61. The van der Waals surface area contributed by atoms with Gasteiger partial charge in [0.1, 0.15) is 0 Å². The molecule has 1 atom stereocenters. The van der Waals surface area contributed by atoms with E-state index in [4.69, 9.17) is 4.74 Å². The number of para-hydroxylation sites is 2. The molecule has 4 rings (SSSR count). The maximum atomic E-state index is 13.0. The first-order valence-electron chi connectivity index (χ1n) is 8.43. The Balaban J connectivity index is 1.78. The summed E-state index contributed by atoms with van der Waals surface area (Å²) in [4.78, 5) is 4.46. The Bertz CT molecular complexity index is 974. The lowest BCUT2D eigenvalue weighted by atomic mass is 10.2. The van der Waals surface area contributed by atoms with Crippen LogP contribution in [0.2, 0.25) is 0 Å². The number of sulfone groups is 1. The van der Waals surface area contributed by atoms with E-state index in [2.05, 4.69) is 4.98 Å². The average Bonchev–Trinajstić information content (AvgIpc) is 3.24. The zero-order valence-electron chi connectivity index (χ0n) is 13.8. The van der Waals surface area contributed by atoms with Crippen LogP contribution in [0.25, 0.3) is 11.0 Å². The van der Waals surface area contributed by atoms with E-state index in [1.807, 2.05) is 59.2 Å². The molecule has 25 heavy (non-hydrogen) atoms. The molecule has 5 nitrogen and oxygen atoms in total. The van der Waals surface area contributed by atoms with Crippen LogP contribution in [0.5, 0.6) is 0 Å². The molecule has 1 aliphatic rings. The topological polar surface area (TPSA) is 61.2 Å². The molecule has 130 valence electrons. The first-order valence-corrected chi connectivity index (χ1v) is 10.1. The Labute approximate surface area is 147 Å². The van der Waals surface area contributed by atoms with E-state index in [0.29, 0.717) is 25.3 Å². The van der Waals surface area contributed by atoms with Crippen LogP contribution in [0.4, 0.5) is 0 Å². The Morgan fingerprint density at radius 3 is 2.60 bits per heavy atom. The Hall–Kier alpha value is -2.18. The molecular weight excluding hydrogens is 336 g/mol. The predicted molar refractivity (Wildman–Crippen MR) is 96.3 cm³/mol. The monoisotopic (exact) mass is 356 g/mol. The molecule has 2 aromatic carbocycles. The molecule has 0 bridgehead atoms. The predicted octanol–water partition coefficient (Wildman–Crippen LogP) is 2.89. The van der Waals surface area contributed by atoms with Crippen LogP contribution >= 0.6 is 0 Å². The average molecular weight is 356 g/mol. The third kappa shape index (κ3) is 3.32. The van der Waals surface area contributed by atoms with Crippen LogP contribution in [-0.2, 0) is 21.1 Å². The van der Waals surface area contributed by atoms with Crippen LogP contribution in [0.3, 0.4) is 0 Å². The van der Waals surface area contributed by atoms with Gasteiger partial charge in [0.2, 0.25) is 15.0 Å². The molecule has 3 aromatic rings. The maximum absolute atomic E-state index is 13.0. The smallest absolute Gasteiger partial charge is 0.229 e. The van der Waals surface area contributed by atoms with Crippen molar-refractivity contribution in [1.29, 1.82) is 0 Å². The van der Waals surface area contributed by atoms with Gasteiger partial charge in [-0.1, -0.05) is 42.5 Å². The molecule has 1 saturated heterocycles. The summed E-state index contributed by atoms with van der Waals surface area (Å²) >= 11 is 0. The molecule has 0 spiro atoms. The van der Waals surface area contributed by atoms with Crippen molar-refractivity contribution >= 4 is 20.9 Å². The van der Waals surface area contributed by atoms with Gasteiger partial charge in [-0.05, 0) is 30.0 Å². The normalized spacial score (nSPS) is 18.0. The fourth-order valence-corrected chi connectivity index (χ4v) is 5.08. The molecule has 1 fully saturated rings. The van der Waals surface area contributed by atoms with Gasteiger partial charge >= 0.3 is 0 Å². The Morgan fingerprint density at radius 2 is 1.84 bits per heavy atom. The Kier molecular flexibility index (Phi) is 4.31. The maximum Gasteiger partial charge on any atom is 0.229 e. The lowest BCUT2D eigenvalue weighted by molar-refractivity contribution is 0.188.